The summed E-state index contributed by atoms with van der Waals surface area (Å²) < 4.78 is 18.8. The van der Waals surface area contributed by atoms with Crippen molar-refractivity contribution in [2.24, 2.45) is 5.73 Å². The van der Waals surface area contributed by atoms with Crippen LogP contribution in [-0.2, 0) is 0 Å². The molecule has 1 atom stereocenters. The van der Waals surface area contributed by atoms with Gasteiger partial charge in [0.2, 0.25) is 0 Å². The van der Waals surface area contributed by atoms with Crippen LogP contribution in [0, 0.1) is 12.7 Å². The van der Waals surface area contributed by atoms with Gasteiger partial charge in [-0.2, -0.15) is 0 Å². The van der Waals surface area contributed by atoms with Crippen molar-refractivity contribution in [1.82, 2.24) is 0 Å². The SMILES string of the molecule is COc1ccc(C(N)c2sccc2C)c(F)c1. The smallest absolute Gasteiger partial charge is 0.132 e. The van der Waals surface area contributed by atoms with Crippen molar-refractivity contribution >= 4 is 11.3 Å². The Balaban J connectivity index is 2.38. The molecular weight excluding hydrogens is 237 g/mol. The monoisotopic (exact) mass is 251 g/mol. The molecule has 2 aromatic rings. The number of rotatable bonds is 3. The molecule has 0 amide bonds. The van der Waals surface area contributed by atoms with Crippen LogP contribution in [0.15, 0.2) is 29.6 Å². The second-order valence-electron chi connectivity index (χ2n) is 3.83. The first kappa shape index (κ1) is 12.1. The number of nitrogens with two attached hydrogens (primary N) is 1. The van der Waals surface area contributed by atoms with Gasteiger partial charge in [0.05, 0.1) is 13.2 Å². The highest BCUT2D eigenvalue weighted by atomic mass is 32.1. The molecule has 1 aromatic heterocycles. The Morgan fingerprint density at radius 1 is 1.35 bits per heavy atom. The first-order valence-corrected chi connectivity index (χ1v) is 6.14. The molecule has 0 bridgehead atoms. The van der Waals surface area contributed by atoms with E-state index in [0.29, 0.717) is 11.3 Å². The van der Waals surface area contributed by atoms with Gasteiger partial charge in [-0.25, -0.2) is 4.39 Å². The van der Waals surface area contributed by atoms with E-state index in [0.717, 1.165) is 10.4 Å². The normalized spacial score (nSPS) is 12.5. The topological polar surface area (TPSA) is 35.2 Å². The highest BCUT2D eigenvalue weighted by molar-refractivity contribution is 7.10. The van der Waals surface area contributed by atoms with Crippen molar-refractivity contribution in [3.05, 3.63) is 51.5 Å². The molecule has 2 N–H and O–H groups in total. The zero-order chi connectivity index (χ0) is 12.4. The molecule has 0 aliphatic heterocycles. The van der Waals surface area contributed by atoms with Crippen molar-refractivity contribution in [1.29, 1.82) is 0 Å². The largest absolute Gasteiger partial charge is 0.497 e. The molecule has 0 aliphatic rings. The minimum atomic E-state index is -0.416. The standard InChI is InChI=1S/C13H14FNOS/c1-8-5-6-17-13(8)12(15)10-4-3-9(16-2)7-11(10)14/h3-7,12H,15H2,1-2H3. The van der Waals surface area contributed by atoms with Crippen LogP contribution in [0.4, 0.5) is 4.39 Å². The Labute approximate surface area is 104 Å². The number of benzene rings is 1. The molecule has 17 heavy (non-hydrogen) atoms. The van der Waals surface area contributed by atoms with Gasteiger partial charge >= 0.3 is 0 Å². The zero-order valence-electron chi connectivity index (χ0n) is 9.74. The van der Waals surface area contributed by atoms with E-state index in [1.165, 1.54) is 13.2 Å². The molecule has 0 aliphatic carbocycles. The van der Waals surface area contributed by atoms with Crippen LogP contribution in [0.5, 0.6) is 5.75 Å². The molecular formula is C13H14FNOS. The van der Waals surface area contributed by atoms with E-state index < -0.39 is 6.04 Å². The van der Waals surface area contributed by atoms with Crippen LogP contribution >= 0.6 is 11.3 Å². The average Bonchev–Trinajstić information content (AvgIpc) is 2.74. The number of aryl methyl sites for hydroxylation is 1. The Hall–Kier alpha value is -1.39. The summed E-state index contributed by atoms with van der Waals surface area (Å²) >= 11 is 1.55. The lowest BCUT2D eigenvalue weighted by molar-refractivity contribution is 0.410. The molecule has 4 heteroatoms. The van der Waals surface area contributed by atoms with Gasteiger partial charge in [-0.3, -0.25) is 0 Å². The van der Waals surface area contributed by atoms with Gasteiger partial charge in [-0.15, -0.1) is 11.3 Å². The van der Waals surface area contributed by atoms with E-state index in [1.807, 2.05) is 18.4 Å². The Morgan fingerprint density at radius 2 is 2.12 bits per heavy atom. The van der Waals surface area contributed by atoms with E-state index in [9.17, 15) is 4.39 Å². The molecule has 1 aromatic carbocycles. The average molecular weight is 251 g/mol. The van der Waals surface area contributed by atoms with Crippen molar-refractivity contribution in [2.45, 2.75) is 13.0 Å². The summed E-state index contributed by atoms with van der Waals surface area (Å²) in [5.74, 6) is 0.172. The first-order chi connectivity index (χ1) is 8.13. The lowest BCUT2D eigenvalue weighted by Crippen LogP contribution is -2.13. The predicted octanol–water partition coefficient (Wildman–Crippen LogP) is 3.25. The molecule has 2 rings (SSSR count). The Kier molecular flexibility index (Phi) is 3.45. The summed E-state index contributed by atoms with van der Waals surface area (Å²) in [4.78, 5) is 0.995. The van der Waals surface area contributed by atoms with E-state index >= 15 is 0 Å². The minimum absolute atomic E-state index is 0.329. The summed E-state index contributed by atoms with van der Waals surface area (Å²) in [5, 5.41) is 1.96. The Morgan fingerprint density at radius 3 is 2.65 bits per heavy atom. The van der Waals surface area contributed by atoms with Crippen LogP contribution in [0.3, 0.4) is 0 Å². The minimum Gasteiger partial charge on any atom is -0.497 e. The lowest BCUT2D eigenvalue weighted by Gasteiger charge is -2.13. The summed E-state index contributed by atoms with van der Waals surface area (Å²) in [6, 6.07) is 6.33. The van der Waals surface area contributed by atoms with Gasteiger partial charge in [-0.1, -0.05) is 6.07 Å². The molecule has 2 nitrogen and oxygen atoms in total. The van der Waals surface area contributed by atoms with Gasteiger partial charge < -0.3 is 10.5 Å². The van der Waals surface area contributed by atoms with Crippen LogP contribution < -0.4 is 10.5 Å². The summed E-state index contributed by atoms with van der Waals surface area (Å²) in [6.45, 7) is 1.98. The van der Waals surface area contributed by atoms with Gasteiger partial charge in [0.25, 0.3) is 0 Å². The fourth-order valence-corrected chi connectivity index (χ4v) is 2.68. The van der Waals surface area contributed by atoms with E-state index in [-0.39, 0.29) is 5.82 Å². The van der Waals surface area contributed by atoms with Crippen molar-refractivity contribution in [3.8, 4) is 5.75 Å². The third kappa shape index (κ3) is 2.33. The molecule has 0 spiro atoms. The van der Waals surface area contributed by atoms with Crippen LogP contribution in [0.1, 0.15) is 22.0 Å². The lowest BCUT2D eigenvalue weighted by atomic mass is 10.0. The fourth-order valence-electron chi connectivity index (χ4n) is 1.73. The maximum absolute atomic E-state index is 13.9. The summed E-state index contributed by atoms with van der Waals surface area (Å²) in [7, 11) is 1.51. The number of halogens is 1. The fraction of sp³-hybridized carbons (Fsp3) is 0.231. The number of hydrogen-bond donors (Lipinski definition) is 1. The van der Waals surface area contributed by atoms with Crippen LogP contribution in [-0.4, -0.2) is 7.11 Å². The highest BCUT2D eigenvalue weighted by Crippen LogP contribution is 2.30. The number of hydrogen-bond acceptors (Lipinski definition) is 3. The molecule has 0 radical (unpaired) electrons. The molecule has 0 fully saturated rings. The van der Waals surface area contributed by atoms with Gasteiger partial charge in [-0.05, 0) is 30.0 Å². The molecule has 0 saturated heterocycles. The maximum Gasteiger partial charge on any atom is 0.132 e. The van der Waals surface area contributed by atoms with Crippen LogP contribution in [0.2, 0.25) is 0 Å². The van der Waals surface area contributed by atoms with Crippen LogP contribution in [0.25, 0.3) is 0 Å². The van der Waals surface area contributed by atoms with Gasteiger partial charge in [0.1, 0.15) is 11.6 Å². The van der Waals surface area contributed by atoms with E-state index in [4.69, 9.17) is 10.5 Å². The highest BCUT2D eigenvalue weighted by Gasteiger charge is 2.17. The third-order valence-corrected chi connectivity index (χ3v) is 3.83. The van der Waals surface area contributed by atoms with Gasteiger partial charge in [0.15, 0.2) is 0 Å². The third-order valence-electron chi connectivity index (χ3n) is 2.73. The zero-order valence-corrected chi connectivity index (χ0v) is 10.6. The molecule has 0 saturated carbocycles. The second-order valence-corrected chi connectivity index (χ2v) is 4.78. The van der Waals surface area contributed by atoms with Crippen molar-refractivity contribution in [2.75, 3.05) is 7.11 Å². The van der Waals surface area contributed by atoms with Crippen molar-refractivity contribution < 1.29 is 9.13 Å². The Bertz CT molecular complexity index is 524. The number of thiophene rings is 1. The first-order valence-electron chi connectivity index (χ1n) is 5.26. The maximum atomic E-state index is 13.9. The number of methoxy groups -OCH3 is 1. The molecule has 90 valence electrons. The molecule has 1 unspecified atom stereocenters. The second kappa shape index (κ2) is 4.85. The summed E-state index contributed by atoms with van der Waals surface area (Å²) in [5.41, 5.74) is 7.68. The number of ether oxygens (including phenoxy) is 1. The quantitative estimate of drug-likeness (QED) is 0.908. The van der Waals surface area contributed by atoms with Crippen molar-refractivity contribution in [3.63, 3.8) is 0 Å². The van der Waals surface area contributed by atoms with E-state index in [2.05, 4.69) is 0 Å². The molecule has 1 heterocycles. The van der Waals surface area contributed by atoms with E-state index in [1.54, 1.807) is 23.5 Å². The van der Waals surface area contributed by atoms with Gasteiger partial charge in [0, 0.05) is 16.5 Å². The summed E-state index contributed by atoms with van der Waals surface area (Å²) in [6.07, 6.45) is 0. The predicted molar refractivity (Wildman–Crippen MR) is 68.0 cm³/mol.